The van der Waals surface area contributed by atoms with Crippen LogP contribution in [0.25, 0.3) is 10.9 Å². The zero-order valence-electron chi connectivity index (χ0n) is 14.2. The molecule has 0 saturated carbocycles. The molecular formula is C19H18N2O4S. The largest absolute Gasteiger partial charge is 0.486 e. The highest BCUT2D eigenvalue weighted by molar-refractivity contribution is 7.89. The fraction of sp³-hybridized carbons (Fsp3) is 0.211. The predicted molar refractivity (Wildman–Crippen MR) is 98.0 cm³/mol. The van der Waals surface area contributed by atoms with Crippen LogP contribution in [0.15, 0.2) is 59.6 Å². The fourth-order valence-corrected chi connectivity index (χ4v) is 4.15. The van der Waals surface area contributed by atoms with E-state index in [1.807, 2.05) is 37.3 Å². The lowest BCUT2D eigenvalue weighted by atomic mass is 10.2. The fourth-order valence-electron chi connectivity index (χ4n) is 2.90. The zero-order chi connectivity index (χ0) is 18.1. The van der Waals surface area contributed by atoms with Crippen LogP contribution in [0.5, 0.6) is 11.5 Å². The maximum atomic E-state index is 12.8. The van der Waals surface area contributed by atoms with E-state index < -0.39 is 16.1 Å². The van der Waals surface area contributed by atoms with E-state index in [1.165, 1.54) is 0 Å². The molecule has 0 amide bonds. The third-order valence-electron chi connectivity index (χ3n) is 4.17. The Bertz CT molecular complexity index is 1070. The molecule has 0 fully saturated rings. The minimum absolute atomic E-state index is 0.110. The Morgan fingerprint density at radius 3 is 2.81 bits per heavy atom. The number of pyridine rings is 1. The van der Waals surface area contributed by atoms with Crippen LogP contribution in [0.1, 0.15) is 5.56 Å². The van der Waals surface area contributed by atoms with Gasteiger partial charge in [-0.1, -0.05) is 24.3 Å². The van der Waals surface area contributed by atoms with Crippen molar-refractivity contribution in [1.82, 2.24) is 9.71 Å². The van der Waals surface area contributed by atoms with Gasteiger partial charge < -0.3 is 9.47 Å². The van der Waals surface area contributed by atoms with E-state index in [-0.39, 0.29) is 18.0 Å². The minimum Gasteiger partial charge on any atom is -0.486 e. The topological polar surface area (TPSA) is 77.5 Å². The lowest BCUT2D eigenvalue weighted by Gasteiger charge is -2.26. The van der Waals surface area contributed by atoms with E-state index in [1.54, 1.807) is 24.4 Å². The van der Waals surface area contributed by atoms with Gasteiger partial charge in [-0.3, -0.25) is 4.98 Å². The number of rotatable bonds is 4. The molecule has 26 heavy (non-hydrogen) atoms. The molecule has 134 valence electrons. The summed E-state index contributed by atoms with van der Waals surface area (Å²) in [5.41, 5.74) is 1.43. The summed E-state index contributed by atoms with van der Waals surface area (Å²) in [6.07, 6.45) is 1.26. The molecule has 1 aliphatic rings. The van der Waals surface area contributed by atoms with Crippen LogP contribution >= 0.6 is 0 Å². The molecule has 3 aromatic rings. The second-order valence-electron chi connectivity index (χ2n) is 6.19. The zero-order valence-corrected chi connectivity index (χ0v) is 15.0. The molecule has 0 unspecified atom stereocenters. The Balaban J connectivity index is 1.54. The Morgan fingerprint density at radius 1 is 1.15 bits per heavy atom. The third-order valence-corrected chi connectivity index (χ3v) is 5.62. The van der Waals surface area contributed by atoms with Gasteiger partial charge in [-0.25, -0.2) is 13.1 Å². The molecule has 4 rings (SSSR count). The number of aryl methyl sites for hydroxylation is 1. The molecule has 6 nitrogen and oxygen atoms in total. The number of benzene rings is 2. The number of hydrogen-bond acceptors (Lipinski definition) is 5. The summed E-state index contributed by atoms with van der Waals surface area (Å²) in [5.74, 6) is 1.28. The number of nitrogens with one attached hydrogen (secondary N) is 1. The van der Waals surface area contributed by atoms with Gasteiger partial charge in [0, 0.05) is 11.6 Å². The monoisotopic (exact) mass is 370 g/mol. The Morgan fingerprint density at radius 2 is 1.96 bits per heavy atom. The predicted octanol–water partition coefficient (Wildman–Crippen LogP) is 2.66. The molecule has 0 saturated heterocycles. The van der Waals surface area contributed by atoms with Crippen LogP contribution in [0.4, 0.5) is 0 Å². The first-order valence-corrected chi connectivity index (χ1v) is 9.75. The smallest absolute Gasteiger partial charge is 0.242 e. The van der Waals surface area contributed by atoms with Crippen LogP contribution in [0.2, 0.25) is 0 Å². The van der Waals surface area contributed by atoms with Crippen LogP contribution in [0, 0.1) is 6.92 Å². The van der Waals surface area contributed by atoms with E-state index in [0.29, 0.717) is 17.0 Å². The van der Waals surface area contributed by atoms with Crippen molar-refractivity contribution < 1.29 is 17.9 Å². The first-order valence-electron chi connectivity index (χ1n) is 8.26. The van der Waals surface area contributed by atoms with E-state index in [2.05, 4.69) is 9.71 Å². The van der Waals surface area contributed by atoms with Gasteiger partial charge in [0.05, 0.1) is 12.1 Å². The number of sulfonamides is 1. The molecule has 0 aliphatic carbocycles. The quantitative estimate of drug-likeness (QED) is 0.764. The molecule has 0 spiro atoms. The maximum Gasteiger partial charge on any atom is 0.242 e. The molecule has 2 heterocycles. The number of para-hydroxylation sites is 3. The van der Waals surface area contributed by atoms with Gasteiger partial charge in [0.25, 0.3) is 0 Å². The molecular weight excluding hydrogens is 352 g/mol. The normalized spacial score (nSPS) is 16.6. The SMILES string of the molecule is Cc1cnc2c(S(=O)(=O)NC[C@H]3COc4ccccc4O3)cccc2c1. The summed E-state index contributed by atoms with van der Waals surface area (Å²) >= 11 is 0. The van der Waals surface area contributed by atoms with Gasteiger partial charge in [-0.2, -0.15) is 0 Å². The van der Waals surface area contributed by atoms with Crippen LogP contribution in [-0.4, -0.2) is 32.7 Å². The molecule has 1 N–H and O–H groups in total. The average Bonchev–Trinajstić information content (AvgIpc) is 2.65. The molecule has 0 radical (unpaired) electrons. The maximum absolute atomic E-state index is 12.8. The van der Waals surface area contributed by atoms with Crippen LogP contribution in [-0.2, 0) is 10.0 Å². The Labute approximate surface area is 151 Å². The van der Waals surface area contributed by atoms with E-state index in [0.717, 1.165) is 10.9 Å². The molecule has 1 aliphatic heterocycles. The van der Waals surface area contributed by atoms with Gasteiger partial charge in [-0.15, -0.1) is 0 Å². The van der Waals surface area contributed by atoms with Crippen molar-refractivity contribution in [3.63, 3.8) is 0 Å². The average molecular weight is 370 g/mol. The lowest BCUT2D eigenvalue weighted by molar-refractivity contribution is 0.0943. The number of fused-ring (bicyclic) bond motifs is 2. The summed E-state index contributed by atoms with van der Waals surface area (Å²) in [4.78, 5) is 4.46. The summed E-state index contributed by atoms with van der Waals surface area (Å²) in [6.45, 7) is 2.32. The highest BCUT2D eigenvalue weighted by Crippen LogP contribution is 2.30. The van der Waals surface area contributed by atoms with E-state index in [4.69, 9.17) is 9.47 Å². The lowest BCUT2D eigenvalue weighted by Crippen LogP contribution is -2.40. The van der Waals surface area contributed by atoms with Crippen LogP contribution < -0.4 is 14.2 Å². The van der Waals surface area contributed by atoms with Crippen molar-refractivity contribution in [3.05, 3.63) is 60.3 Å². The van der Waals surface area contributed by atoms with E-state index >= 15 is 0 Å². The first-order chi connectivity index (χ1) is 12.5. The van der Waals surface area contributed by atoms with E-state index in [9.17, 15) is 8.42 Å². The first kappa shape index (κ1) is 16.8. The molecule has 1 atom stereocenters. The second kappa shape index (κ2) is 6.59. The van der Waals surface area contributed by atoms with Gasteiger partial charge in [0.15, 0.2) is 11.5 Å². The number of ether oxygens (including phenoxy) is 2. The third kappa shape index (κ3) is 3.23. The summed E-state index contributed by atoms with van der Waals surface area (Å²) in [7, 11) is -3.72. The van der Waals surface area contributed by atoms with Crippen molar-refractivity contribution in [3.8, 4) is 11.5 Å². The van der Waals surface area contributed by atoms with Crippen LogP contribution in [0.3, 0.4) is 0 Å². The van der Waals surface area contributed by atoms with Crippen molar-refractivity contribution in [2.24, 2.45) is 0 Å². The van der Waals surface area contributed by atoms with Crippen molar-refractivity contribution in [2.75, 3.05) is 13.2 Å². The highest BCUT2D eigenvalue weighted by Gasteiger charge is 2.24. The molecule has 0 bridgehead atoms. The number of aromatic nitrogens is 1. The van der Waals surface area contributed by atoms with Gasteiger partial charge in [-0.05, 0) is 36.8 Å². The Kier molecular flexibility index (Phi) is 4.26. The highest BCUT2D eigenvalue weighted by atomic mass is 32.2. The molecule has 7 heteroatoms. The molecule has 1 aromatic heterocycles. The number of nitrogens with zero attached hydrogens (tertiary/aromatic N) is 1. The van der Waals surface area contributed by atoms with Crippen molar-refractivity contribution in [1.29, 1.82) is 0 Å². The van der Waals surface area contributed by atoms with Crippen molar-refractivity contribution in [2.45, 2.75) is 17.9 Å². The summed E-state index contributed by atoms with van der Waals surface area (Å²) < 4.78 is 39.6. The summed E-state index contributed by atoms with van der Waals surface area (Å²) in [5, 5.41) is 0.791. The van der Waals surface area contributed by atoms with Gasteiger partial charge in [0.1, 0.15) is 17.6 Å². The van der Waals surface area contributed by atoms with Gasteiger partial charge in [0.2, 0.25) is 10.0 Å². The standard InChI is InChI=1S/C19H18N2O4S/c1-13-9-14-5-4-8-18(19(14)20-10-13)26(22,23)21-11-15-12-24-16-6-2-3-7-17(16)25-15/h2-10,15,21H,11-12H2,1H3/t15-/m0/s1. The second-order valence-corrected chi connectivity index (χ2v) is 7.93. The summed E-state index contributed by atoms with van der Waals surface area (Å²) in [6, 6.07) is 14.4. The Hall–Kier alpha value is -2.64. The molecule has 2 aromatic carbocycles. The van der Waals surface area contributed by atoms with Gasteiger partial charge >= 0.3 is 0 Å². The van der Waals surface area contributed by atoms with Crippen molar-refractivity contribution >= 4 is 20.9 Å². The minimum atomic E-state index is -3.72. The number of hydrogen-bond donors (Lipinski definition) is 1.